The molecule has 0 aliphatic carbocycles. The summed E-state index contributed by atoms with van der Waals surface area (Å²) >= 11 is 0. The Labute approximate surface area is 143 Å². The standard InChI is InChI=1S/C19H15NO5/c1-12(21)13-4-6-14(7-5-13)17-8-9-18(25-17)19(23)24-11-16(22)15-3-2-10-20-15/h2-10,20H,11H2,1H3. The van der Waals surface area contributed by atoms with Crippen LogP contribution in [0.15, 0.2) is 59.1 Å². The number of benzene rings is 1. The van der Waals surface area contributed by atoms with Crippen molar-refractivity contribution in [1.29, 1.82) is 0 Å². The van der Waals surface area contributed by atoms with Crippen LogP contribution in [0.5, 0.6) is 0 Å². The van der Waals surface area contributed by atoms with E-state index in [0.29, 0.717) is 17.0 Å². The summed E-state index contributed by atoms with van der Waals surface area (Å²) in [7, 11) is 0. The first-order valence-electron chi connectivity index (χ1n) is 7.59. The molecule has 1 N–H and O–H groups in total. The summed E-state index contributed by atoms with van der Waals surface area (Å²) in [5, 5.41) is 0. The lowest BCUT2D eigenvalue weighted by molar-refractivity contribution is 0.0444. The molecule has 0 bridgehead atoms. The Hall–Kier alpha value is -3.41. The topological polar surface area (TPSA) is 89.4 Å². The average Bonchev–Trinajstić information content (AvgIpc) is 3.31. The third kappa shape index (κ3) is 3.74. The van der Waals surface area contributed by atoms with Gasteiger partial charge < -0.3 is 14.1 Å². The normalized spacial score (nSPS) is 10.4. The van der Waals surface area contributed by atoms with Gasteiger partial charge in [-0.2, -0.15) is 0 Å². The van der Waals surface area contributed by atoms with E-state index in [-0.39, 0.29) is 23.9 Å². The molecule has 3 aromatic rings. The van der Waals surface area contributed by atoms with Crippen molar-refractivity contribution >= 4 is 17.5 Å². The van der Waals surface area contributed by atoms with Gasteiger partial charge in [-0.3, -0.25) is 9.59 Å². The smallest absolute Gasteiger partial charge is 0.374 e. The van der Waals surface area contributed by atoms with Crippen LogP contribution in [-0.2, 0) is 4.74 Å². The molecule has 1 aromatic carbocycles. The zero-order chi connectivity index (χ0) is 17.8. The number of aromatic amines is 1. The number of rotatable bonds is 6. The second-order valence-corrected chi connectivity index (χ2v) is 5.38. The van der Waals surface area contributed by atoms with Gasteiger partial charge in [0, 0.05) is 17.3 Å². The molecule has 0 saturated heterocycles. The Kier molecular flexibility index (Phi) is 4.61. The van der Waals surface area contributed by atoms with Gasteiger partial charge in [0.15, 0.2) is 12.4 Å². The van der Waals surface area contributed by atoms with Gasteiger partial charge in [0.1, 0.15) is 5.76 Å². The number of Topliss-reactive ketones (excluding diaryl/α,β-unsaturated/α-hetero) is 2. The van der Waals surface area contributed by atoms with Crippen LogP contribution in [0.3, 0.4) is 0 Å². The number of hydrogen-bond acceptors (Lipinski definition) is 5. The van der Waals surface area contributed by atoms with Crippen molar-refractivity contribution in [2.75, 3.05) is 6.61 Å². The van der Waals surface area contributed by atoms with E-state index in [1.165, 1.54) is 13.0 Å². The number of nitrogens with one attached hydrogen (secondary N) is 1. The number of ketones is 2. The fourth-order valence-corrected chi connectivity index (χ4v) is 2.26. The molecule has 0 saturated carbocycles. The minimum Gasteiger partial charge on any atom is -0.451 e. The maximum absolute atomic E-state index is 12.0. The van der Waals surface area contributed by atoms with E-state index in [2.05, 4.69) is 4.98 Å². The molecule has 2 heterocycles. The van der Waals surface area contributed by atoms with Gasteiger partial charge in [-0.1, -0.05) is 24.3 Å². The lowest BCUT2D eigenvalue weighted by Gasteiger charge is -2.02. The Balaban J connectivity index is 1.65. The number of carbonyl (C=O) groups excluding carboxylic acids is 3. The summed E-state index contributed by atoms with van der Waals surface area (Å²) < 4.78 is 10.4. The Morgan fingerprint density at radius 3 is 2.44 bits per heavy atom. The Bertz CT molecular complexity index is 904. The maximum atomic E-state index is 12.0. The van der Waals surface area contributed by atoms with Crippen molar-refractivity contribution in [1.82, 2.24) is 4.98 Å². The summed E-state index contributed by atoms with van der Waals surface area (Å²) in [4.78, 5) is 37.8. The SMILES string of the molecule is CC(=O)c1ccc(-c2ccc(C(=O)OCC(=O)c3ccc[nH]3)o2)cc1. The third-order valence-corrected chi connectivity index (χ3v) is 3.62. The number of H-pyrrole nitrogens is 1. The first-order valence-corrected chi connectivity index (χ1v) is 7.59. The van der Waals surface area contributed by atoms with Crippen LogP contribution in [0.1, 0.15) is 38.3 Å². The van der Waals surface area contributed by atoms with Crippen LogP contribution in [0.4, 0.5) is 0 Å². The fraction of sp³-hybridized carbons (Fsp3) is 0.105. The van der Waals surface area contributed by atoms with Crippen molar-refractivity contribution < 1.29 is 23.5 Å². The van der Waals surface area contributed by atoms with E-state index >= 15 is 0 Å². The fourth-order valence-electron chi connectivity index (χ4n) is 2.26. The van der Waals surface area contributed by atoms with Crippen molar-refractivity contribution in [2.45, 2.75) is 6.92 Å². The van der Waals surface area contributed by atoms with Gasteiger partial charge in [-0.25, -0.2) is 4.79 Å². The Morgan fingerprint density at radius 2 is 1.80 bits per heavy atom. The van der Waals surface area contributed by atoms with E-state index in [1.807, 2.05) is 0 Å². The van der Waals surface area contributed by atoms with Crippen LogP contribution in [0.25, 0.3) is 11.3 Å². The van der Waals surface area contributed by atoms with E-state index < -0.39 is 5.97 Å². The van der Waals surface area contributed by atoms with Gasteiger partial charge in [0.05, 0.1) is 5.69 Å². The highest BCUT2D eigenvalue weighted by Gasteiger charge is 2.16. The molecule has 126 valence electrons. The maximum Gasteiger partial charge on any atom is 0.374 e. The molecule has 2 aromatic heterocycles. The van der Waals surface area contributed by atoms with Crippen molar-refractivity contribution in [3.05, 3.63) is 71.7 Å². The second-order valence-electron chi connectivity index (χ2n) is 5.38. The van der Waals surface area contributed by atoms with E-state index in [0.717, 1.165) is 5.56 Å². The molecule has 0 spiro atoms. The van der Waals surface area contributed by atoms with E-state index in [4.69, 9.17) is 9.15 Å². The van der Waals surface area contributed by atoms with Gasteiger partial charge in [-0.15, -0.1) is 0 Å². The average molecular weight is 337 g/mol. The highest BCUT2D eigenvalue weighted by Crippen LogP contribution is 2.23. The first-order chi connectivity index (χ1) is 12.0. The molecule has 0 aliphatic heterocycles. The van der Waals surface area contributed by atoms with Gasteiger partial charge in [-0.05, 0) is 31.2 Å². The van der Waals surface area contributed by atoms with Crippen molar-refractivity contribution in [2.24, 2.45) is 0 Å². The molecule has 6 heteroatoms. The molecular weight excluding hydrogens is 322 g/mol. The summed E-state index contributed by atoms with van der Waals surface area (Å²) in [5.74, 6) is -0.596. The van der Waals surface area contributed by atoms with Crippen LogP contribution >= 0.6 is 0 Å². The minimum absolute atomic E-state index is 0.00456. The number of hydrogen-bond donors (Lipinski definition) is 1. The predicted molar refractivity (Wildman–Crippen MR) is 89.6 cm³/mol. The van der Waals surface area contributed by atoms with Gasteiger partial charge in [0.25, 0.3) is 0 Å². The molecule has 0 unspecified atom stereocenters. The number of aromatic nitrogens is 1. The zero-order valence-electron chi connectivity index (χ0n) is 13.4. The largest absolute Gasteiger partial charge is 0.451 e. The summed E-state index contributed by atoms with van der Waals surface area (Å²) in [6, 6.07) is 13.2. The highest BCUT2D eigenvalue weighted by molar-refractivity contribution is 5.97. The lowest BCUT2D eigenvalue weighted by atomic mass is 10.1. The van der Waals surface area contributed by atoms with Crippen LogP contribution in [0, 0.1) is 0 Å². The first kappa shape index (κ1) is 16.4. The number of ether oxygens (including phenoxy) is 1. The molecule has 0 aliphatic rings. The minimum atomic E-state index is -0.716. The lowest BCUT2D eigenvalue weighted by Crippen LogP contribution is -2.14. The van der Waals surface area contributed by atoms with Gasteiger partial charge in [0.2, 0.25) is 11.5 Å². The summed E-state index contributed by atoms with van der Waals surface area (Å²) in [6.45, 7) is 1.12. The Morgan fingerprint density at radius 1 is 1.04 bits per heavy atom. The molecule has 6 nitrogen and oxygen atoms in total. The zero-order valence-corrected chi connectivity index (χ0v) is 13.4. The van der Waals surface area contributed by atoms with Crippen molar-refractivity contribution in [3.63, 3.8) is 0 Å². The predicted octanol–water partition coefficient (Wildman–Crippen LogP) is 3.52. The van der Waals surface area contributed by atoms with E-state index in [1.54, 1.807) is 48.7 Å². The van der Waals surface area contributed by atoms with E-state index in [9.17, 15) is 14.4 Å². The summed E-state index contributed by atoms with van der Waals surface area (Å²) in [5.41, 5.74) is 1.70. The second kappa shape index (κ2) is 7.00. The number of furan rings is 1. The molecule has 25 heavy (non-hydrogen) atoms. The van der Waals surface area contributed by atoms with Crippen LogP contribution < -0.4 is 0 Å². The quantitative estimate of drug-likeness (QED) is 0.549. The number of esters is 1. The molecule has 0 radical (unpaired) electrons. The molecule has 0 amide bonds. The third-order valence-electron chi connectivity index (χ3n) is 3.62. The monoisotopic (exact) mass is 337 g/mol. The van der Waals surface area contributed by atoms with Crippen LogP contribution in [-0.4, -0.2) is 29.1 Å². The molecular formula is C19H15NO5. The van der Waals surface area contributed by atoms with Crippen molar-refractivity contribution in [3.8, 4) is 11.3 Å². The molecule has 0 fully saturated rings. The molecule has 3 rings (SSSR count). The molecule has 0 atom stereocenters. The summed E-state index contributed by atoms with van der Waals surface area (Å²) in [6.07, 6.45) is 1.62. The number of carbonyl (C=O) groups is 3. The van der Waals surface area contributed by atoms with Gasteiger partial charge >= 0.3 is 5.97 Å². The highest BCUT2D eigenvalue weighted by atomic mass is 16.5. The van der Waals surface area contributed by atoms with Crippen LogP contribution in [0.2, 0.25) is 0 Å².